The van der Waals surface area contributed by atoms with Crippen molar-refractivity contribution in [1.82, 2.24) is 4.90 Å². The SMILES string of the molecule is CN(CC1(O)CCCC1)C(=O)c1ccccc1C#CCO. The summed E-state index contributed by atoms with van der Waals surface area (Å²) in [6.07, 6.45) is 3.52. The summed E-state index contributed by atoms with van der Waals surface area (Å²) in [4.78, 5) is 14.1. The van der Waals surface area contributed by atoms with E-state index >= 15 is 0 Å². The minimum Gasteiger partial charge on any atom is -0.388 e. The monoisotopic (exact) mass is 287 g/mol. The van der Waals surface area contributed by atoms with Crippen LogP contribution in [-0.2, 0) is 0 Å². The molecule has 1 aromatic rings. The lowest BCUT2D eigenvalue weighted by Gasteiger charge is -2.28. The highest BCUT2D eigenvalue weighted by Crippen LogP contribution is 2.30. The van der Waals surface area contributed by atoms with E-state index in [1.165, 1.54) is 0 Å². The summed E-state index contributed by atoms with van der Waals surface area (Å²) in [5.41, 5.74) is 0.347. The predicted octanol–water partition coefficient (Wildman–Crippen LogP) is 1.41. The fourth-order valence-corrected chi connectivity index (χ4v) is 2.82. The van der Waals surface area contributed by atoms with Gasteiger partial charge < -0.3 is 15.1 Å². The second-order valence-electron chi connectivity index (χ2n) is 5.60. The summed E-state index contributed by atoms with van der Waals surface area (Å²) < 4.78 is 0. The number of amides is 1. The third-order valence-electron chi connectivity index (χ3n) is 3.87. The van der Waals surface area contributed by atoms with E-state index in [9.17, 15) is 9.90 Å². The Balaban J connectivity index is 2.15. The molecule has 1 fully saturated rings. The molecule has 0 aliphatic heterocycles. The molecule has 1 aliphatic carbocycles. The fourth-order valence-electron chi connectivity index (χ4n) is 2.82. The highest BCUT2D eigenvalue weighted by molar-refractivity contribution is 5.96. The standard InChI is InChI=1S/C17H21NO3/c1-18(13-17(21)10-4-5-11-17)16(20)15-9-3-2-7-14(15)8-6-12-19/h2-3,7,9,19,21H,4-5,10-13H2,1H3. The van der Waals surface area contributed by atoms with Gasteiger partial charge in [-0.3, -0.25) is 4.79 Å². The molecule has 0 heterocycles. The molecule has 1 amide bonds. The number of aliphatic hydroxyl groups excluding tert-OH is 1. The number of carbonyl (C=O) groups is 1. The lowest BCUT2D eigenvalue weighted by molar-refractivity contribution is 0.0156. The number of nitrogens with zero attached hydrogens (tertiary/aromatic N) is 1. The first-order valence-electron chi connectivity index (χ1n) is 7.22. The van der Waals surface area contributed by atoms with Gasteiger partial charge in [-0.15, -0.1) is 0 Å². The number of hydrogen-bond acceptors (Lipinski definition) is 3. The lowest BCUT2D eigenvalue weighted by Crippen LogP contribution is -2.42. The van der Waals surface area contributed by atoms with Crippen LogP contribution in [0.15, 0.2) is 24.3 Å². The molecule has 0 unspecified atom stereocenters. The van der Waals surface area contributed by atoms with Crippen LogP contribution in [-0.4, -0.2) is 46.8 Å². The van der Waals surface area contributed by atoms with E-state index in [1.54, 1.807) is 30.1 Å². The van der Waals surface area contributed by atoms with Crippen LogP contribution in [0.2, 0.25) is 0 Å². The molecule has 2 N–H and O–H groups in total. The van der Waals surface area contributed by atoms with Crippen LogP contribution in [0.4, 0.5) is 0 Å². The van der Waals surface area contributed by atoms with E-state index in [4.69, 9.17) is 5.11 Å². The first kappa shape index (κ1) is 15.6. The van der Waals surface area contributed by atoms with Crippen LogP contribution in [0.1, 0.15) is 41.6 Å². The molecule has 0 bridgehead atoms. The molecule has 0 spiro atoms. The Labute approximate surface area is 125 Å². The molecular formula is C17H21NO3. The van der Waals surface area contributed by atoms with Crippen LogP contribution >= 0.6 is 0 Å². The van der Waals surface area contributed by atoms with Crippen molar-refractivity contribution >= 4 is 5.91 Å². The Morgan fingerprint density at radius 1 is 1.33 bits per heavy atom. The maximum atomic E-state index is 12.5. The summed E-state index contributed by atoms with van der Waals surface area (Å²) >= 11 is 0. The first-order valence-corrected chi connectivity index (χ1v) is 7.22. The van der Waals surface area contributed by atoms with Gasteiger partial charge in [0.1, 0.15) is 6.61 Å². The van der Waals surface area contributed by atoms with Crippen molar-refractivity contribution in [3.63, 3.8) is 0 Å². The number of likely N-dealkylation sites (N-methyl/N-ethyl adjacent to an activating group) is 1. The van der Waals surface area contributed by atoms with Crippen molar-refractivity contribution in [2.75, 3.05) is 20.2 Å². The molecule has 0 atom stereocenters. The zero-order valence-electron chi connectivity index (χ0n) is 12.3. The quantitative estimate of drug-likeness (QED) is 0.826. The number of aliphatic hydroxyl groups is 2. The van der Waals surface area contributed by atoms with Gasteiger partial charge in [-0.05, 0) is 25.0 Å². The second kappa shape index (κ2) is 6.75. The van der Waals surface area contributed by atoms with Crippen LogP contribution < -0.4 is 0 Å². The normalized spacial score (nSPS) is 16.1. The Morgan fingerprint density at radius 2 is 2.00 bits per heavy atom. The highest BCUT2D eigenvalue weighted by atomic mass is 16.3. The molecule has 1 aliphatic rings. The Morgan fingerprint density at radius 3 is 2.67 bits per heavy atom. The van der Waals surface area contributed by atoms with Gasteiger partial charge in [-0.2, -0.15) is 0 Å². The summed E-state index contributed by atoms with van der Waals surface area (Å²) in [5.74, 6) is 5.20. The second-order valence-corrected chi connectivity index (χ2v) is 5.60. The average Bonchev–Trinajstić information content (AvgIpc) is 2.91. The number of carbonyl (C=O) groups excluding carboxylic acids is 1. The molecule has 0 aromatic heterocycles. The molecule has 0 radical (unpaired) electrons. The molecule has 112 valence electrons. The van der Waals surface area contributed by atoms with Crippen molar-refractivity contribution in [2.45, 2.75) is 31.3 Å². The summed E-state index contributed by atoms with van der Waals surface area (Å²) in [6.45, 7) is 0.103. The van der Waals surface area contributed by atoms with Crippen LogP contribution in [0.25, 0.3) is 0 Å². The molecule has 1 saturated carbocycles. The van der Waals surface area contributed by atoms with E-state index in [0.29, 0.717) is 17.7 Å². The van der Waals surface area contributed by atoms with Crippen LogP contribution in [0.5, 0.6) is 0 Å². The Hall–Kier alpha value is -1.83. The highest BCUT2D eigenvalue weighted by Gasteiger charge is 2.33. The largest absolute Gasteiger partial charge is 0.388 e. The number of hydrogen-bond donors (Lipinski definition) is 2. The van der Waals surface area contributed by atoms with Crippen molar-refractivity contribution in [3.8, 4) is 11.8 Å². The van der Waals surface area contributed by atoms with E-state index in [2.05, 4.69) is 11.8 Å². The van der Waals surface area contributed by atoms with Crippen molar-refractivity contribution < 1.29 is 15.0 Å². The van der Waals surface area contributed by atoms with Gasteiger partial charge >= 0.3 is 0 Å². The Bertz CT molecular complexity index is 565. The van der Waals surface area contributed by atoms with Gasteiger partial charge in [0, 0.05) is 19.2 Å². The maximum Gasteiger partial charge on any atom is 0.254 e. The van der Waals surface area contributed by atoms with E-state index < -0.39 is 5.60 Å². The third-order valence-corrected chi connectivity index (χ3v) is 3.87. The smallest absolute Gasteiger partial charge is 0.254 e. The molecule has 4 nitrogen and oxygen atoms in total. The van der Waals surface area contributed by atoms with Crippen molar-refractivity contribution in [3.05, 3.63) is 35.4 Å². The van der Waals surface area contributed by atoms with Crippen LogP contribution in [0, 0.1) is 11.8 Å². The van der Waals surface area contributed by atoms with E-state index in [0.717, 1.165) is 25.7 Å². The zero-order valence-corrected chi connectivity index (χ0v) is 12.3. The minimum atomic E-state index is -0.754. The maximum absolute atomic E-state index is 12.5. The number of benzene rings is 1. The molecular weight excluding hydrogens is 266 g/mol. The van der Waals surface area contributed by atoms with Gasteiger partial charge in [0.05, 0.1) is 11.2 Å². The minimum absolute atomic E-state index is 0.154. The Kier molecular flexibility index (Phi) is 5.00. The van der Waals surface area contributed by atoms with Gasteiger partial charge in [-0.1, -0.05) is 36.8 Å². The van der Waals surface area contributed by atoms with Gasteiger partial charge in [0.15, 0.2) is 0 Å². The van der Waals surface area contributed by atoms with Gasteiger partial charge in [0.2, 0.25) is 0 Å². The molecule has 0 saturated heterocycles. The lowest BCUT2D eigenvalue weighted by atomic mass is 10.0. The topological polar surface area (TPSA) is 60.8 Å². The summed E-state index contributed by atoms with van der Waals surface area (Å²) in [5, 5.41) is 19.2. The molecule has 1 aromatic carbocycles. The van der Waals surface area contributed by atoms with Crippen molar-refractivity contribution in [2.24, 2.45) is 0 Å². The third kappa shape index (κ3) is 3.84. The fraction of sp³-hybridized carbons (Fsp3) is 0.471. The zero-order chi connectivity index (χ0) is 15.3. The average molecular weight is 287 g/mol. The van der Waals surface area contributed by atoms with Crippen LogP contribution in [0.3, 0.4) is 0 Å². The summed E-state index contributed by atoms with van der Waals surface area (Å²) in [7, 11) is 1.70. The summed E-state index contributed by atoms with van der Waals surface area (Å²) in [6, 6.07) is 7.07. The van der Waals surface area contributed by atoms with Gasteiger partial charge in [0.25, 0.3) is 5.91 Å². The van der Waals surface area contributed by atoms with Gasteiger partial charge in [-0.25, -0.2) is 0 Å². The molecule has 4 heteroatoms. The molecule has 2 rings (SSSR count). The first-order chi connectivity index (χ1) is 10.1. The predicted molar refractivity (Wildman–Crippen MR) is 80.8 cm³/mol. The van der Waals surface area contributed by atoms with E-state index in [-0.39, 0.29) is 12.5 Å². The molecule has 21 heavy (non-hydrogen) atoms. The number of rotatable bonds is 3. The van der Waals surface area contributed by atoms with E-state index in [1.807, 2.05) is 6.07 Å². The van der Waals surface area contributed by atoms with Crippen molar-refractivity contribution in [1.29, 1.82) is 0 Å².